The fraction of sp³-hybridized carbons (Fsp3) is 0.621. The molecule has 5 rings (SSSR count). The van der Waals surface area contributed by atoms with E-state index in [1.165, 1.54) is 4.90 Å². The van der Waals surface area contributed by atoms with Crippen LogP contribution < -0.4 is 14.8 Å². The quantitative estimate of drug-likeness (QED) is 0.568. The van der Waals surface area contributed by atoms with Crippen LogP contribution in [0, 0.1) is 11.3 Å². The number of alkyl carbamates (subject to hydrolysis) is 1. The van der Waals surface area contributed by atoms with Gasteiger partial charge in [0.25, 0.3) is 0 Å². The minimum absolute atomic E-state index is 0.0427. The monoisotopic (exact) mass is 554 g/mol. The Morgan fingerprint density at radius 3 is 2.62 bits per heavy atom. The molecule has 11 nitrogen and oxygen atoms in total. The highest BCUT2D eigenvalue weighted by molar-refractivity contribution is 5.90. The van der Waals surface area contributed by atoms with Crippen LogP contribution >= 0.6 is 0 Å². The van der Waals surface area contributed by atoms with E-state index in [0.717, 1.165) is 37.6 Å². The standard InChI is InChI=1S/C29H38N4O7/c1-29(2,3)24-26(34)33-15-18(14-22(33)27(35)36)39-25-20(30-19-11-10-17(38-4)13-21(19)31-25)9-7-5-6-8-16-12-23(16)40-28(37)32-24/h10-11,13,16,18,22-24H,5-9,12,14-15H2,1-4H3,(H,32,37)(H,35,36)/t16-,18?,22+,23-,24-/m1/s1. The molecular weight excluding hydrogens is 516 g/mol. The van der Waals surface area contributed by atoms with Crippen LogP contribution in [0.2, 0.25) is 0 Å². The van der Waals surface area contributed by atoms with E-state index in [1.54, 1.807) is 13.2 Å². The zero-order valence-corrected chi connectivity index (χ0v) is 23.5. The summed E-state index contributed by atoms with van der Waals surface area (Å²) in [4.78, 5) is 49.7. The Kier molecular flexibility index (Phi) is 7.74. The predicted octanol–water partition coefficient (Wildman–Crippen LogP) is 3.72. The molecule has 5 atom stereocenters. The highest BCUT2D eigenvalue weighted by Crippen LogP contribution is 2.39. The number of nitrogens with zero attached hydrogens (tertiary/aromatic N) is 3. The van der Waals surface area contributed by atoms with Crippen LogP contribution in [0.15, 0.2) is 18.2 Å². The number of carboxylic acid groups (broad SMARTS) is 1. The van der Waals surface area contributed by atoms with Crippen molar-refractivity contribution in [3.63, 3.8) is 0 Å². The number of carboxylic acids is 1. The van der Waals surface area contributed by atoms with Gasteiger partial charge in [0.1, 0.15) is 35.7 Å². The topological polar surface area (TPSA) is 140 Å². The number of nitrogens with one attached hydrogen (secondary N) is 1. The van der Waals surface area contributed by atoms with Gasteiger partial charge >= 0.3 is 12.1 Å². The number of aryl methyl sites for hydroxylation is 1. The first-order chi connectivity index (χ1) is 19.0. The van der Waals surface area contributed by atoms with Gasteiger partial charge in [0.15, 0.2) is 0 Å². The van der Waals surface area contributed by atoms with E-state index in [0.29, 0.717) is 35.2 Å². The number of methoxy groups -OCH3 is 1. The zero-order valence-electron chi connectivity index (χ0n) is 23.5. The molecule has 2 aliphatic heterocycles. The third-order valence-corrected chi connectivity index (χ3v) is 8.00. The fourth-order valence-corrected chi connectivity index (χ4v) is 5.60. The first-order valence-electron chi connectivity index (χ1n) is 14.0. The first kappa shape index (κ1) is 27.9. The zero-order chi connectivity index (χ0) is 28.6. The van der Waals surface area contributed by atoms with Crippen molar-refractivity contribution in [3.8, 4) is 11.6 Å². The second kappa shape index (κ2) is 11.1. The SMILES string of the molecule is COc1ccc2nc3c(nc2c1)OC1C[C@@H](C(=O)O)N(C1)C(=O)[C@H](C(C)(C)C)NC(=O)O[C@@H]1C[C@H]1CCCCC3. The van der Waals surface area contributed by atoms with E-state index in [9.17, 15) is 19.5 Å². The normalized spacial score (nSPS) is 27.8. The molecule has 40 heavy (non-hydrogen) atoms. The number of ether oxygens (including phenoxy) is 3. The number of fused-ring (bicyclic) bond motifs is 5. The number of rotatable bonds is 2. The summed E-state index contributed by atoms with van der Waals surface area (Å²) in [6.45, 7) is 5.52. The van der Waals surface area contributed by atoms with Crippen LogP contribution in [-0.2, 0) is 20.7 Å². The summed E-state index contributed by atoms with van der Waals surface area (Å²) in [5.41, 5.74) is 1.36. The molecule has 216 valence electrons. The van der Waals surface area contributed by atoms with Gasteiger partial charge in [0.2, 0.25) is 11.8 Å². The summed E-state index contributed by atoms with van der Waals surface area (Å²) in [6, 6.07) is 3.40. The summed E-state index contributed by atoms with van der Waals surface area (Å²) in [5.74, 6) is -0.301. The van der Waals surface area contributed by atoms with Gasteiger partial charge < -0.3 is 29.5 Å². The van der Waals surface area contributed by atoms with Crippen LogP contribution in [-0.4, -0.2) is 75.9 Å². The molecule has 2 aromatic rings. The predicted molar refractivity (Wildman–Crippen MR) is 145 cm³/mol. The maximum Gasteiger partial charge on any atom is 0.408 e. The van der Waals surface area contributed by atoms with E-state index in [-0.39, 0.29) is 19.1 Å². The molecule has 2 amide bonds. The molecule has 11 heteroatoms. The average Bonchev–Trinajstić information content (AvgIpc) is 3.48. The minimum Gasteiger partial charge on any atom is -0.497 e. The molecule has 1 aromatic heterocycles. The number of hydrogen-bond donors (Lipinski definition) is 2. The fourth-order valence-electron chi connectivity index (χ4n) is 5.60. The van der Waals surface area contributed by atoms with Crippen molar-refractivity contribution >= 4 is 29.0 Å². The number of benzene rings is 1. The number of aliphatic carboxylic acids is 1. The number of hydrogen-bond acceptors (Lipinski definition) is 8. The molecule has 3 heterocycles. The average molecular weight is 555 g/mol. The molecule has 1 unspecified atom stereocenters. The van der Waals surface area contributed by atoms with E-state index < -0.39 is 41.6 Å². The van der Waals surface area contributed by atoms with Gasteiger partial charge in [-0.1, -0.05) is 33.6 Å². The van der Waals surface area contributed by atoms with Gasteiger partial charge in [-0.2, -0.15) is 0 Å². The number of aromatic nitrogens is 2. The molecule has 2 fully saturated rings. The van der Waals surface area contributed by atoms with E-state index in [4.69, 9.17) is 24.2 Å². The summed E-state index contributed by atoms with van der Waals surface area (Å²) in [7, 11) is 1.58. The van der Waals surface area contributed by atoms with Crippen LogP contribution in [0.4, 0.5) is 4.79 Å². The Morgan fingerprint density at radius 2 is 1.90 bits per heavy atom. The van der Waals surface area contributed by atoms with Crippen LogP contribution in [0.3, 0.4) is 0 Å². The van der Waals surface area contributed by atoms with Crippen molar-refractivity contribution in [1.82, 2.24) is 20.2 Å². The van der Waals surface area contributed by atoms with Crippen molar-refractivity contribution in [3.05, 3.63) is 23.9 Å². The maximum absolute atomic E-state index is 13.8. The second-order valence-corrected chi connectivity index (χ2v) is 12.1. The third-order valence-electron chi connectivity index (χ3n) is 8.00. The number of amides is 2. The summed E-state index contributed by atoms with van der Waals surface area (Å²) in [5, 5.41) is 12.7. The van der Waals surface area contributed by atoms with Crippen LogP contribution in [0.5, 0.6) is 11.6 Å². The smallest absolute Gasteiger partial charge is 0.408 e. The first-order valence-corrected chi connectivity index (χ1v) is 14.0. The van der Waals surface area contributed by atoms with Crippen molar-refractivity contribution in [2.45, 2.75) is 90.0 Å². The maximum atomic E-state index is 13.8. The Hall–Kier alpha value is -3.63. The van der Waals surface area contributed by atoms with Gasteiger partial charge in [-0.15, -0.1) is 0 Å². The molecular formula is C29H38N4O7. The molecule has 2 N–H and O–H groups in total. The Balaban J connectivity index is 1.48. The number of carbonyl (C=O) groups is 3. The Morgan fingerprint density at radius 1 is 1.10 bits per heavy atom. The molecule has 1 saturated carbocycles. The second-order valence-electron chi connectivity index (χ2n) is 12.1. The Labute approximate surface area is 233 Å². The van der Waals surface area contributed by atoms with Crippen molar-refractivity contribution in [1.29, 1.82) is 0 Å². The largest absolute Gasteiger partial charge is 0.497 e. The number of carbonyl (C=O) groups excluding carboxylic acids is 2. The Bertz CT molecular complexity index is 1290. The summed E-state index contributed by atoms with van der Waals surface area (Å²) < 4.78 is 17.3. The lowest BCUT2D eigenvalue weighted by atomic mass is 9.85. The lowest BCUT2D eigenvalue weighted by Crippen LogP contribution is -2.57. The molecule has 1 aliphatic carbocycles. The summed E-state index contributed by atoms with van der Waals surface area (Å²) >= 11 is 0. The van der Waals surface area contributed by atoms with E-state index in [2.05, 4.69) is 5.32 Å². The molecule has 1 aromatic carbocycles. The van der Waals surface area contributed by atoms with Crippen molar-refractivity contribution in [2.24, 2.45) is 11.3 Å². The molecule has 1 saturated heterocycles. The lowest BCUT2D eigenvalue weighted by molar-refractivity contribution is -0.150. The van der Waals surface area contributed by atoms with Gasteiger partial charge in [0, 0.05) is 12.5 Å². The van der Waals surface area contributed by atoms with Crippen molar-refractivity contribution < 1.29 is 33.7 Å². The molecule has 0 radical (unpaired) electrons. The van der Waals surface area contributed by atoms with Gasteiger partial charge in [-0.25, -0.2) is 19.6 Å². The highest BCUT2D eigenvalue weighted by Gasteiger charge is 2.47. The van der Waals surface area contributed by atoms with Gasteiger partial charge in [-0.05, 0) is 49.1 Å². The van der Waals surface area contributed by atoms with E-state index in [1.807, 2.05) is 32.9 Å². The van der Waals surface area contributed by atoms with Gasteiger partial charge in [-0.3, -0.25) is 4.79 Å². The van der Waals surface area contributed by atoms with Crippen LogP contribution in [0.1, 0.15) is 65.0 Å². The molecule has 0 spiro atoms. The highest BCUT2D eigenvalue weighted by atomic mass is 16.6. The molecule has 3 aliphatic rings. The summed E-state index contributed by atoms with van der Waals surface area (Å²) in [6.07, 6.45) is 3.97. The molecule has 2 bridgehead atoms. The van der Waals surface area contributed by atoms with Crippen LogP contribution in [0.25, 0.3) is 11.0 Å². The van der Waals surface area contributed by atoms with Gasteiger partial charge in [0.05, 0.1) is 24.7 Å². The minimum atomic E-state index is -1.13. The third kappa shape index (κ3) is 6.08. The lowest BCUT2D eigenvalue weighted by Gasteiger charge is -2.34. The van der Waals surface area contributed by atoms with Crippen molar-refractivity contribution in [2.75, 3.05) is 13.7 Å². The van der Waals surface area contributed by atoms with E-state index >= 15 is 0 Å².